The number of pyridine rings is 1. The molecule has 6 nitrogen and oxygen atoms in total. The quantitative estimate of drug-likeness (QED) is 0.811. The monoisotopic (exact) mass is 369 g/mol. The summed E-state index contributed by atoms with van der Waals surface area (Å²) in [4.78, 5) is 9.64. The number of aromatic nitrogens is 3. The molecular weight excluding hydrogens is 338 g/mol. The molecule has 0 amide bonds. The van der Waals surface area contributed by atoms with Crippen molar-refractivity contribution in [2.24, 2.45) is 0 Å². The standard InChI is InChI=1S/C21H31N5O/c1-17-6-3-7-18(22-17)13-24-10-5-11-26-20(15-24)12-19(23-26)14-25-9-4-8-21(16-25)27-2/h3,6-7,12,21H,4-5,8-11,13-16H2,1-2H3. The van der Waals surface area contributed by atoms with E-state index in [-0.39, 0.29) is 0 Å². The van der Waals surface area contributed by atoms with Crippen molar-refractivity contribution in [3.8, 4) is 0 Å². The molecule has 4 rings (SSSR count). The maximum absolute atomic E-state index is 5.56. The van der Waals surface area contributed by atoms with E-state index in [9.17, 15) is 0 Å². The Labute approximate surface area is 162 Å². The topological polar surface area (TPSA) is 46.4 Å². The molecule has 1 unspecified atom stereocenters. The van der Waals surface area contributed by atoms with Crippen molar-refractivity contribution in [3.63, 3.8) is 0 Å². The summed E-state index contributed by atoms with van der Waals surface area (Å²) in [6.45, 7) is 9.11. The second-order valence-corrected chi connectivity index (χ2v) is 7.92. The van der Waals surface area contributed by atoms with Gasteiger partial charge < -0.3 is 4.74 Å². The van der Waals surface area contributed by atoms with Crippen LogP contribution >= 0.6 is 0 Å². The summed E-state index contributed by atoms with van der Waals surface area (Å²) in [6.07, 6.45) is 3.89. The van der Waals surface area contributed by atoms with E-state index in [4.69, 9.17) is 9.84 Å². The van der Waals surface area contributed by atoms with Crippen LogP contribution in [0.25, 0.3) is 0 Å². The minimum absolute atomic E-state index is 0.372. The maximum atomic E-state index is 5.56. The lowest BCUT2D eigenvalue weighted by molar-refractivity contribution is 0.0281. The highest BCUT2D eigenvalue weighted by Crippen LogP contribution is 2.19. The zero-order valence-electron chi connectivity index (χ0n) is 16.6. The molecule has 0 aromatic carbocycles. The van der Waals surface area contributed by atoms with Gasteiger partial charge in [-0.05, 0) is 50.9 Å². The van der Waals surface area contributed by atoms with Gasteiger partial charge in [-0.15, -0.1) is 0 Å². The minimum Gasteiger partial charge on any atom is -0.380 e. The number of likely N-dealkylation sites (tertiary alicyclic amines) is 1. The summed E-state index contributed by atoms with van der Waals surface area (Å²) in [5, 5.41) is 4.90. The van der Waals surface area contributed by atoms with Gasteiger partial charge in [-0.2, -0.15) is 5.10 Å². The Morgan fingerprint density at radius 3 is 2.78 bits per heavy atom. The molecule has 0 spiro atoms. The van der Waals surface area contributed by atoms with Crippen molar-refractivity contribution in [2.45, 2.75) is 58.5 Å². The number of nitrogens with zero attached hydrogens (tertiary/aromatic N) is 5. The predicted molar refractivity (Wildman–Crippen MR) is 105 cm³/mol. The highest BCUT2D eigenvalue weighted by atomic mass is 16.5. The van der Waals surface area contributed by atoms with Crippen LogP contribution in [-0.4, -0.2) is 57.4 Å². The van der Waals surface area contributed by atoms with E-state index < -0.39 is 0 Å². The van der Waals surface area contributed by atoms with E-state index in [1.165, 1.54) is 24.2 Å². The number of aryl methyl sites for hydroxylation is 2. The third-order valence-electron chi connectivity index (χ3n) is 5.66. The van der Waals surface area contributed by atoms with Crippen LogP contribution in [-0.2, 0) is 30.9 Å². The summed E-state index contributed by atoms with van der Waals surface area (Å²) in [7, 11) is 1.82. The first kappa shape index (κ1) is 18.6. The third kappa shape index (κ3) is 4.75. The van der Waals surface area contributed by atoms with Gasteiger partial charge in [0.2, 0.25) is 0 Å². The van der Waals surface area contributed by atoms with Crippen molar-refractivity contribution in [1.29, 1.82) is 0 Å². The Bertz CT molecular complexity index is 759. The van der Waals surface area contributed by atoms with E-state index in [1.54, 1.807) is 0 Å². The van der Waals surface area contributed by atoms with E-state index in [0.717, 1.165) is 63.6 Å². The molecule has 0 N–H and O–H groups in total. The molecule has 1 saturated heterocycles. The number of rotatable bonds is 5. The summed E-state index contributed by atoms with van der Waals surface area (Å²) in [5.41, 5.74) is 4.76. The van der Waals surface area contributed by atoms with Crippen molar-refractivity contribution in [2.75, 3.05) is 26.7 Å². The fourth-order valence-corrected chi connectivity index (χ4v) is 4.30. The molecule has 0 radical (unpaired) electrons. The van der Waals surface area contributed by atoms with Crippen LogP contribution in [0.1, 0.15) is 42.0 Å². The molecule has 2 aliphatic heterocycles. The Balaban J connectivity index is 1.41. The summed E-state index contributed by atoms with van der Waals surface area (Å²) < 4.78 is 7.78. The Morgan fingerprint density at radius 1 is 1.07 bits per heavy atom. The average molecular weight is 370 g/mol. The normalized spacial score (nSPS) is 21.8. The van der Waals surface area contributed by atoms with Gasteiger partial charge in [0.05, 0.1) is 23.2 Å². The van der Waals surface area contributed by atoms with E-state index in [2.05, 4.69) is 50.7 Å². The Morgan fingerprint density at radius 2 is 1.93 bits per heavy atom. The molecular formula is C21H31N5O. The first-order valence-electron chi connectivity index (χ1n) is 10.2. The molecule has 1 fully saturated rings. The van der Waals surface area contributed by atoms with Crippen molar-refractivity contribution >= 4 is 0 Å². The van der Waals surface area contributed by atoms with Crippen LogP contribution < -0.4 is 0 Å². The van der Waals surface area contributed by atoms with E-state index in [1.807, 2.05) is 7.11 Å². The van der Waals surface area contributed by atoms with Crippen LogP contribution in [0.15, 0.2) is 24.3 Å². The lowest BCUT2D eigenvalue weighted by Gasteiger charge is -2.31. The zero-order chi connectivity index (χ0) is 18.6. The van der Waals surface area contributed by atoms with Crippen LogP contribution in [0, 0.1) is 6.92 Å². The number of ether oxygens (including phenoxy) is 1. The third-order valence-corrected chi connectivity index (χ3v) is 5.66. The van der Waals surface area contributed by atoms with Gasteiger partial charge in [0, 0.05) is 52.1 Å². The molecule has 0 saturated carbocycles. The second-order valence-electron chi connectivity index (χ2n) is 7.92. The van der Waals surface area contributed by atoms with Gasteiger partial charge in [-0.25, -0.2) is 0 Å². The molecule has 1 atom stereocenters. The number of fused-ring (bicyclic) bond motifs is 1. The molecule has 2 aliphatic rings. The van der Waals surface area contributed by atoms with Gasteiger partial charge in [0.25, 0.3) is 0 Å². The highest BCUT2D eigenvalue weighted by molar-refractivity contribution is 5.13. The van der Waals surface area contributed by atoms with Crippen molar-refractivity contribution in [3.05, 3.63) is 47.0 Å². The first-order chi connectivity index (χ1) is 13.2. The number of methoxy groups -OCH3 is 1. The fraction of sp³-hybridized carbons (Fsp3) is 0.619. The maximum Gasteiger partial charge on any atom is 0.0768 e. The molecule has 27 heavy (non-hydrogen) atoms. The predicted octanol–water partition coefficient (Wildman–Crippen LogP) is 2.60. The minimum atomic E-state index is 0.372. The number of piperidine rings is 1. The van der Waals surface area contributed by atoms with Crippen LogP contribution in [0.4, 0.5) is 0 Å². The molecule has 4 heterocycles. The summed E-state index contributed by atoms with van der Waals surface area (Å²) in [6, 6.07) is 8.59. The largest absolute Gasteiger partial charge is 0.380 e. The van der Waals surface area contributed by atoms with E-state index >= 15 is 0 Å². The molecule has 2 aromatic heterocycles. The number of hydrogen-bond donors (Lipinski definition) is 0. The first-order valence-corrected chi connectivity index (χ1v) is 10.2. The Kier molecular flexibility index (Phi) is 5.86. The Hall–Kier alpha value is -1.76. The lowest BCUT2D eigenvalue weighted by Crippen LogP contribution is -2.38. The van der Waals surface area contributed by atoms with Crippen LogP contribution in [0.2, 0.25) is 0 Å². The van der Waals surface area contributed by atoms with Gasteiger partial charge in [0.15, 0.2) is 0 Å². The molecule has 2 aromatic rings. The molecule has 146 valence electrons. The molecule has 0 bridgehead atoms. The molecule has 0 aliphatic carbocycles. The number of hydrogen-bond acceptors (Lipinski definition) is 5. The second kappa shape index (κ2) is 8.50. The SMILES string of the molecule is COC1CCCN(Cc2cc3n(n2)CCCN(Cc2cccc(C)n2)C3)C1. The van der Waals surface area contributed by atoms with Crippen molar-refractivity contribution in [1.82, 2.24) is 24.6 Å². The zero-order valence-corrected chi connectivity index (χ0v) is 16.6. The summed E-state index contributed by atoms with van der Waals surface area (Å²) in [5.74, 6) is 0. The smallest absolute Gasteiger partial charge is 0.0768 e. The van der Waals surface area contributed by atoms with Gasteiger partial charge in [-0.1, -0.05) is 6.07 Å². The van der Waals surface area contributed by atoms with Crippen LogP contribution in [0.3, 0.4) is 0 Å². The van der Waals surface area contributed by atoms with Crippen LogP contribution in [0.5, 0.6) is 0 Å². The van der Waals surface area contributed by atoms with Gasteiger partial charge in [0.1, 0.15) is 0 Å². The average Bonchev–Trinajstić information content (AvgIpc) is 2.93. The van der Waals surface area contributed by atoms with Gasteiger partial charge in [-0.3, -0.25) is 19.5 Å². The highest BCUT2D eigenvalue weighted by Gasteiger charge is 2.22. The fourth-order valence-electron chi connectivity index (χ4n) is 4.30. The summed E-state index contributed by atoms with van der Waals surface area (Å²) >= 11 is 0. The van der Waals surface area contributed by atoms with E-state index in [0.29, 0.717) is 6.10 Å². The van der Waals surface area contributed by atoms with Crippen molar-refractivity contribution < 1.29 is 4.74 Å². The molecule has 6 heteroatoms. The van der Waals surface area contributed by atoms with Gasteiger partial charge >= 0.3 is 0 Å². The lowest BCUT2D eigenvalue weighted by atomic mass is 10.1.